The van der Waals surface area contributed by atoms with Crippen molar-refractivity contribution in [1.82, 2.24) is 28.6 Å². The summed E-state index contributed by atoms with van der Waals surface area (Å²) in [6.07, 6.45) is 5.50. The van der Waals surface area contributed by atoms with Crippen molar-refractivity contribution >= 4 is 81.6 Å². The fourth-order valence-electron chi connectivity index (χ4n) is 8.15. The van der Waals surface area contributed by atoms with E-state index in [-0.39, 0.29) is 22.2 Å². The van der Waals surface area contributed by atoms with Crippen molar-refractivity contribution < 1.29 is 16.8 Å². The van der Waals surface area contributed by atoms with Gasteiger partial charge in [-0.05, 0) is 72.5 Å². The first-order chi connectivity index (χ1) is 31.7. The van der Waals surface area contributed by atoms with Gasteiger partial charge < -0.3 is 15.1 Å². The summed E-state index contributed by atoms with van der Waals surface area (Å²) < 4.78 is 54.2. The summed E-state index contributed by atoms with van der Waals surface area (Å²) in [4.78, 5) is 7.57. The van der Waals surface area contributed by atoms with Gasteiger partial charge in [0.2, 0.25) is 0 Å². The number of hydrogen-bond donors (Lipinski definition) is 1. The number of halogens is 2. The number of aryl methyl sites for hydroxylation is 1. The van der Waals surface area contributed by atoms with Gasteiger partial charge in [0.25, 0.3) is 20.0 Å². The van der Waals surface area contributed by atoms with E-state index in [0.29, 0.717) is 11.0 Å². The Bertz CT molecular complexity index is 2990. The summed E-state index contributed by atoms with van der Waals surface area (Å²) in [7, 11) is -7.43. The predicted molar refractivity (Wildman–Crippen MR) is 273 cm³/mol. The van der Waals surface area contributed by atoms with E-state index in [4.69, 9.17) is 0 Å². The molecule has 0 aliphatic carbocycles. The Balaban J connectivity index is 0.000000167. The zero-order valence-electron chi connectivity index (χ0n) is 36.5. The van der Waals surface area contributed by atoms with Gasteiger partial charge in [-0.1, -0.05) is 125 Å². The van der Waals surface area contributed by atoms with E-state index in [1.54, 1.807) is 79.1 Å². The number of aromatic nitrogens is 4. The number of alkyl halides is 1. The minimum Gasteiger partial charge on any atom is -0.368 e. The summed E-state index contributed by atoms with van der Waals surface area (Å²) in [6, 6.07) is 49.4. The largest absolute Gasteiger partial charge is 0.368 e. The average molecular weight is 1010 g/mol. The molecule has 8 aromatic rings. The molecule has 2 aromatic heterocycles. The molecule has 4 heterocycles. The molecule has 2 aliphatic rings. The summed E-state index contributed by atoms with van der Waals surface area (Å²) >= 11 is 3.39. The second-order valence-corrected chi connectivity index (χ2v) is 20.1. The summed E-state index contributed by atoms with van der Waals surface area (Å²) in [6.45, 7) is 8.48. The maximum Gasteiger partial charge on any atom is 0.283 e. The molecular formula is C50H54BrClN8O4S2. The molecule has 66 heavy (non-hydrogen) atoms. The molecule has 1 N–H and O–H groups in total. The van der Waals surface area contributed by atoms with Crippen LogP contribution in [0.1, 0.15) is 11.1 Å². The van der Waals surface area contributed by atoms with Crippen LogP contribution in [0.25, 0.3) is 21.8 Å². The minimum absolute atomic E-state index is 0. The Labute approximate surface area is 402 Å². The molecular weight excluding hydrogens is 956 g/mol. The Morgan fingerprint density at radius 3 is 1.33 bits per heavy atom. The van der Waals surface area contributed by atoms with Gasteiger partial charge in [0.05, 0.1) is 33.2 Å². The van der Waals surface area contributed by atoms with Gasteiger partial charge in [0.15, 0.2) is 0 Å². The lowest BCUT2D eigenvalue weighted by Crippen LogP contribution is -2.47. The SMILES string of the molecule is BrCCc1ccccc1.Cl.O=S(=O)(c1ccccc1)n1ncc2c(N3CCN(CCc4ccccc4)CC3)cccc21.O=S(=O)(c1ccccc1)n1ncc2c(N3CCNCC3)cccc21. The maximum absolute atomic E-state index is 13.1. The Kier molecular flexibility index (Phi) is 16.7. The normalized spacial score (nSPS) is 14.4. The lowest BCUT2D eigenvalue weighted by atomic mass is 10.1. The number of fused-ring (bicyclic) bond motifs is 2. The number of nitrogens with one attached hydrogen (secondary N) is 1. The standard InChI is InChI=1S/C25H26N4O2S.C17H18N4O2S.C8H9Br.ClH/c30-32(31,22-10-5-2-6-11-22)29-25-13-7-12-24(23(25)20-26-29)28-18-16-27(17-19-28)15-14-21-8-3-1-4-9-21;22-24(23,14-5-2-1-3-6-14)21-17-8-4-7-16(15(17)13-19-21)20-11-9-18-10-12-20;9-7-6-8-4-2-1-3-5-8;/h1-13,20H,14-19H2;1-8,13,18H,9-12H2;1-5H,6-7H2;1H. The maximum atomic E-state index is 13.1. The van der Waals surface area contributed by atoms with E-state index in [1.165, 1.54) is 11.1 Å². The van der Waals surface area contributed by atoms with Crippen LogP contribution in [0.5, 0.6) is 0 Å². The summed E-state index contributed by atoms with van der Waals surface area (Å²) in [5.41, 5.74) is 6.05. The zero-order valence-corrected chi connectivity index (χ0v) is 40.6. The second kappa shape index (κ2) is 22.8. The number of rotatable bonds is 11. The molecule has 0 saturated carbocycles. The van der Waals surface area contributed by atoms with Crippen LogP contribution in [-0.4, -0.2) is 104 Å². The van der Waals surface area contributed by atoms with Crippen LogP contribution in [0.3, 0.4) is 0 Å². The van der Waals surface area contributed by atoms with E-state index in [1.807, 2.05) is 30.3 Å². The van der Waals surface area contributed by atoms with Crippen LogP contribution in [-0.2, 0) is 32.9 Å². The lowest BCUT2D eigenvalue weighted by molar-refractivity contribution is 0.261. The molecule has 10 rings (SSSR count). The monoisotopic (exact) mass is 1010 g/mol. The summed E-state index contributed by atoms with van der Waals surface area (Å²) in [5.74, 6) is 0. The van der Waals surface area contributed by atoms with Crippen LogP contribution in [0.15, 0.2) is 180 Å². The number of hydrogen-bond acceptors (Lipinski definition) is 10. The third kappa shape index (κ3) is 11.3. The van der Waals surface area contributed by atoms with Crippen molar-refractivity contribution in [3.05, 3.63) is 181 Å². The first-order valence-corrected chi connectivity index (χ1v) is 25.9. The molecule has 0 radical (unpaired) electrons. The molecule has 344 valence electrons. The molecule has 16 heteroatoms. The molecule has 12 nitrogen and oxygen atoms in total. The molecule has 6 aromatic carbocycles. The molecule has 2 aliphatic heterocycles. The zero-order chi connectivity index (χ0) is 45.1. The van der Waals surface area contributed by atoms with Crippen molar-refractivity contribution in [2.75, 3.05) is 74.0 Å². The van der Waals surface area contributed by atoms with E-state index >= 15 is 0 Å². The molecule has 0 bridgehead atoms. The molecule has 2 fully saturated rings. The third-order valence-electron chi connectivity index (χ3n) is 11.6. The van der Waals surface area contributed by atoms with Crippen LogP contribution in [0, 0.1) is 0 Å². The van der Waals surface area contributed by atoms with Crippen molar-refractivity contribution in [2.24, 2.45) is 0 Å². The van der Waals surface area contributed by atoms with Gasteiger partial charge in [0, 0.05) is 86.4 Å². The van der Waals surface area contributed by atoms with Crippen molar-refractivity contribution in [3.8, 4) is 0 Å². The quantitative estimate of drug-likeness (QED) is 0.127. The summed E-state index contributed by atoms with van der Waals surface area (Å²) in [5, 5.41) is 14.6. The fourth-order valence-corrected chi connectivity index (χ4v) is 11.2. The highest BCUT2D eigenvalue weighted by Gasteiger charge is 2.25. The number of piperazine rings is 2. The van der Waals surface area contributed by atoms with Crippen molar-refractivity contribution in [3.63, 3.8) is 0 Å². The molecule has 0 atom stereocenters. The van der Waals surface area contributed by atoms with Crippen molar-refractivity contribution in [2.45, 2.75) is 22.6 Å². The fraction of sp³-hybridized carbons (Fsp3) is 0.240. The Morgan fingerprint density at radius 1 is 0.485 bits per heavy atom. The number of nitrogens with zero attached hydrogens (tertiary/aromatic N) is 7. The van der Waals surface area contributed by atoms with Gasteiger partial charge in [-0.3, -0.25) is 4.90 Å². The smallest absolute Gasteiger partial charge is 0.283 e. The van der Waals surface area contributed by atoms with E-state index < -0.39 is 20.0 Å². The van der Waals surface area contributed by atoms with E-state index in [9.17, 15) is 16.8 Å². The lowest BCUT2D eigenvalue weighted by Gasteiger charge is -2.36. The molecule has 2 saturated heterocycles. The first-order valence-electron chi connectivity index (χ1n) is 21.9. The third-order valence-corrected chi connectivity index (χ3v) is 15.2. The Morgan fingerprint density at radius 2 is 0.894 bits per heavy atom. The van der Waals surface area contributed by atoms with Crippen molar-refractivity contribution in [1.29, 1.82) is 0 Å². The van der Waals surface area contributed by atoms with Crippen LogP contribution >= 0.6 is 28.3 Å². The van der Waals surface area contributed by atoms with Gasteiger partial charge in [-0.15, -0.1) is 12.4 Å². The van der Waals surface area contributed by atoms with Gasteiger partial charge in [0.1, 0.15) is 0 Å². The molecule has 0 unspecified atom stereocenters. The minimum atomic E-state index is -3.73. The number of benzene rings is 6. The van der Waals surface area contributed by atoms with Crippen LogP contribution in [0.4, 0.5) is 11.4 Å². The highest BCUT2D eigenvalue weighted by Crippen LogP contribution is 2.31. The topological polar surface area (TPSA) is 126 Å². The van der Waals surface area contributed by atoms with Gasteiger partial charge in [-0.2, -0.15) is 35.2 Å². The average Bonchev–Trinajstić information content (AvgIpc) is 4.02. The van der Waals surface area contributed by atoms with Crippen LogP contribution in [0.2, 0.25) is 0 Å². The highest BCUT2D eigenvalue weighted by molar-refractivity contribution is 9.09. The van der Waals surface area contributed by atoms with E-state index in [2.05, 4.69) is 107 Å². The van der Waals surface area contributed by atoms with Gasteiger partial charge >= 0.3 is 0 Å². The highest BCUT2D eigenvalue weighted by atomic mass is 79.9. The first kappa shape index (κ1) is 48.4. The molecule has 0 spiro atoms. The van der Waals surface area contributed by atoms with Gasteiger partial charge in [-0.25, -0.2) is 0 Å². The molecule has 0 amide bonds. The predicted octanol–water partition coefficient (Wildman–Crippen LogP) is 8.37. The Hall–Kier alpha value is -5.55. The second-order valence-electron chi connectivity index (χ2n) is 15.8. The number of anilines is 2. The van der Waals surface area contributed by atoms with E-state index in [0.717, 1.165) is 107 Å². The van der Waals surface area contributed by atoms with Crippen LogP contribution < -0.4 is 15.1 Å².